The van der Waals surface area contributed by atoms with Crippen LogP contribution in [0.5, 0.6) is 0 Å². The summed E-state index contributed by atoms with van der Waals surface area (Å²) in [6.45, 7) is 0. The van der Waals surface area contributed by atoms with Crippen molar-refractivity contribution in [3.8, 4) is 0 Å². The maximum Gasteiger partial charge on any atom is 1.00 e. The summed E-state index contributed by atoms with van der Waals surface area (Å²) in [5, 5.41) is 5.41. The molecule has 0 spiro atoms. The van der Waals surface area contributed by atoms with Gasteiger partial charge in [0.1, 0.15) is 5.08 Å². The molecule has 0 aromatic heterocycles. The van der Waals surface area contributed by atoms with Gasteiger partial charge in [-0.25, -0.2) is 18.7 Å². The summed E-state index contributed by atoms with van der Waals surface area (Å²) in [4.78, 5) is 0. The Morgan fingerprint density at radius 3 is 1.47 bits per heavy atom. The molecular weight excluding hydrogens is 374 g/mol. The van der Waals surface area contributed by atoms with E-state index in [-0.39, 0.29) is 59.1 Å². The van der Waals surface area contributed by atoms with Crippen molar-refractivity contribution in [3.63, 3.8) is 0 Å². The second-order valence-corrected chi connectivity index (χ2v) is 16.4. The van der Waals surface area contributed by atoms with Crippen LogP contribution in [0.15, 0.2) is 0 Å². The summed E-state index contributed by atoms with van der Waals surface area (Å²) in [6, 6.07) is 0. The molecule has 0 fully saturated rings. The van der Waals surface area contributed by atoms with E-state index in [4.69, 9.17) is 9.11 Å². The zero-order valence-electron chi connectivity index (χ0n) is 9.66. The van der Waals surface area contributed by atoms with Crippen LogP contribution < -0.4 is 69.4 Å². The normalized spacial score (nSPS) is 17.8. The topological polar surface area (TPSA) is 241 Å². The number of hydrogen-bond donors (Lipinski definition) is 4. The van der Waals surface area contributed by atoms with Crippen LogP contribution in [-0.4, -0.2) is 48.5 Å². The molecule has 18 heteroatoms. The fourth-order valence-electron chi connectivity index (χ4n) is 0.489. The van der Waals surface area contributed by atoms with Crippen LogP contribution in [0.4, 0.5) is 0 Å². The molecule has 0 amide bonds. The van der Waals surface area contributed by atoms with Crippen molar-refractivity contribution in [2.75, 3.05) is 5.08 Å². The Morgan fingerprint density at radius 1 is 1.05 bits per heavy atom. The first-order valence-electron chi connectivity index (χ1n) is 3.08. The maximum absolute atomic E-state index is 11.2. The fraction of sp³-hybridized carbons (Fsp3) is 1.00. The summed E-state index contributed by atoms with van der Waals surface area (Å²) in [6.07, 6.45) is 0. The fourth-order valence-corrected chi connectivity index (χ4v) is 10.4. The van der Waals surface area contributed by atoms with E-state index in [0.29, 0.717) is 0 Å². The van der Waals surface area contributed by atoms with Gasteiger partial charge in [-0.2, -0.15) is 12.6 Å². The molecule has 12 nitrogen and oxygen atoms in total. The van der Waals surface area contributed by atoms with E-state index in [0.717, 1.165) is 0 Å². The average molecular weight is 382 g/mol. The minimum atomic E-state index is -7.61. The quantitative estimate of drug-likeness (QED) is 0.203. The van der Waals surface area contributed by atoms with E-state index in [9.17, 15) is 34.4 Å². The van der Waals surface area contributed by atoms with Crippen molar-refractivity contribution in [2.24, 2.45) is 10.3 Å². The van der Waals surface area contributed by atoms with E-state index >= 15 is 0 Å². The van der Waals surface area contributed by atoms with Gasteiger partial charge in [-0.15, -0.1) is 0 Å². The predicted molar refractivity (Wildman–Crippen MR) is 54.2 cm³/mol. The van der Waals surface area contributed by atoms with Gasteiger partial charge in [0, 0.05) is 8.66 Å². The van der Waals surface area contributed by atoms with Crippen LogP contribution >= 0.6 is 0 Å². The van der Waals surface area contributed by atoms with Gasteiger partial charge in [-0.1, -0.05) is 0 Å². The van der Waals surface area contributed by atoms with Crippen molar-refractivity contribution >= 4 is 35.4 Å². The minimum absolute atomic E-state index is 0. The van der Waals surface area contributed by atoms with Crippen molar-refractivity contribution in [2.45, 2.75) is 0 Å². The molecular formula is CH8N2Na2O10S4. The summed E-state index contributed by atoms with van der Waals surface area (Å²) in [5.41, 5.74) is 0. The molecule has 0 atom stereocenters. The van der Waals surface area contributed by atoms with Gasteiger partial charge in [0.2, 0.25) is 0 Å². The number of rotatable bonds is 4. The SMILES string of the molecule is NS(=O)(=O)S(N)(=O)(O)CS(=O)([O-])(O)S(=O)(=O)[O-].[Na+].[Na+]. The third-order valence-electron chi connectivity index (χ3n) is 1.31. The summed E-state index contributed by atoms with van der Waals surface area (Å²) >= 11 is 0. The molecule has 0 aliphatic rings. The van der Waals surface area contributed by atoms with Gasteiger partial charge >= 0.3 is 68.2 Å². The summed E-state index contributed by atoms with van der Waals surface area (Å²) in [5.74, 6) is 0. The summed E-state index contributed by atoms with van der Waals surface area (Å²) in [7, 11) is -26.7. The van der Waals surface area contributed by atoms with Crippen LogP contribution in [0.3, 0.4) is 0 Å². The molecule has 0 aliphatic heterocycles. The molecule has 19 heavy (non-hydrogen) atoms. The molecule has 0 saturated heterocycles. The first-order chi connectivity index (χ1) is 6.76. The Labute approximate surface area is 151 Å². The van der Waals surface area contributed by atoms with Crippen LogP contribution in [0, 0.1) is 0 Å². The zero-order valence-corrected chi connectivity index (χ0v) is 16.9. The monoisotopic (exact) mass is 382 g/mol. The zero-order chi connectivity index (χ0) is 14.6. The van der Waals surface area contributed by atoms with E-state index in [2.05, 4.69) is 10.3 Å². The molecule has 0 saturated carbocycles. The van der Waals surface area contributed by atoms with Crippen LogP contribution in [-0.2, 0) is 35.4 Å². The average Bonchev–Trinajstić information content (AvgIpc) is 1.71. The molecule has 0 heterocycles. The smallest absolute Gasteiger partial charge is 0.758 e. The van der Waals surface area contributed by atoms with Crippen LogP contribution in [0.2, 0.25) is 0 Å². The van der Waals surface area contributed by atoms with Gasteiger partial charge in [-0.05, 0) is 8.56 Å². The Bertz CT molecular complexity index is 615. The van der Waals surface area contributed by atoms with E-state index < -0.39 is 40.5 Å². The van der Waals surface area contributed by atoms with Gasteiger partial charge in [0.25, 0.3) is 0 Å². The molecule has 0 aliphatic carbocycles. The molecule has 0 unspecified atom stereocenters. The van der Waals surface area contributed by atoms with Crippen LogP contribution in [0.25, 0.3) is 0 Å². The molecule has 108 valence electrons. The first kappa shape index (κ1) is 25.9. The molecule has 0 aromatic rings. The van der Waals surface area contributed by atoms with E-state index in [1.807, 2.05) is 0 Å². The third-order valence-corrected chi connectivity index (χ3v) is 13.6. The largest absolute Gasteiger partial charge is 1.00 e. The Hall–Kier alpha value is 1.96. The molecule has 6 N–H and O–H groups in total. The van der Waals surface area contributed by atoms with Crippen molar-refractivity contribution in [1.29, 1.82) is 0 Å². The number of hydrogen-bond acceptors (Lipinski definition) is 8. The molecule has 0 bridgehead atoms. The second-order valence-electron chi connectivity index (χ2n) is 2.98. The first-order valence-corrected chi connectivity index (χ1v) is 11.2. The van der Waals surface area contributed by atoms with Gasteiger partial charge in [0.15, 0.2) is 9.15 Å². The minimum Gasteiger partial charge on any atom is -0.758 e. The Morgan fingerprint density at radius 2 is 1.32 bits per heavy atom. The third kappa shape index (κ3) is 5.58. The van der Waals surface area contributed by atoms with Crippen molar-refractivity contribution < 1.29 is 103 Å². The Balaban J connectivity index is -0.00000128. The Kier molecular flexibility index (Phi) is 8.00. The second kappa shape index (κ2) is 5.87. The number of nitrogens with two attached hydrogens (primary N) is 2. The van der Waals surface area contributed by atoms with Crippen LogP contribution in [0.1, 0.15) is 0 Å². The molecule has 0 radical (unpaired) electrons. The maximum atomic E-state index is 11.2. The predicted octanol–water partition coefficient (Wildman–Crippen LogP) is -9.79. The van der Waals surface area contributed by atoms with Gasteiger partial charge in [0.05, 0.1) is 0 Å². The van der Waals surface area contributed by atoms with Gasteiger partial charge < -0.3 is 13.7 Å². The standard InChI is InChI=1S/CH10N2O10S4.2Na/c2-14(4,5)16(3,9,10)1-17(11,12,13)15(6,7)8;;/h1H2,(H2,2,4,5)(H3,3,9,10)(H,6,7,8)(H2,11,12,13);;/q;2*+1/p-2. The summed E-state index contributed by atoms with van der Waals surface area (Å²) < 4.78 is 102. The van der Waals surface area contributed by atoms with E-state index in [1.54, 1.807) is 0 Å². The van der Waals surface area contributed by atoms with Crippen molar-refractivity contribution in [1.82, 2.24) is 0 Å². The molecule has 0 aromatic carbocycles. The van der Waals surface area contributed by atoms with E-state index in [1.165, 1.54) is 0 Å². The van der Waals surface area contributed by atoms with Crippen molar-refractivity contribution in [3.05, 3.63) is 0 Å². The van der Waals surface area contributed by atoms with Gasteiger partial charge in [-0.3, -0.25) is 8.76 Å². The molecule has 0 rings (SSSR count).